The van der Waals surface area contributed by atoms with E-state index in [2.05, 4.69) is 30.6 Å². The Labute approximate surface area is 258 Å². The van der Waals surface area contributed by atoms with Crippen molar-refractivity contribution >= 4 is 39.8 Å². The number of halogens is 1. The minimum Gasteiger partial charge on any atom is -0.497 e. The number of nitrogens with zero attached hydrogens (tertiary/aromatic N) is 8. The number of hydrogen-bond acceptors (Lipinski definition) is 10. The van der Waals surface area contributed by atoms with Crippen molar-refractivity contribution in [2.45, 2.75) is 19.9 Å². The number of carbonyl (C=O) groups excluding carboxylic acids is 1. The van der Waals surface area contributed by atoms with E-state index in [1.165, 1.54) is 16.8 Å². The summed E-state index contributed by atoms with van der Waals surface area (Å²) in [5, 5.41) is 16.3. The molecule has 228 valence electrons. The zero-order valence-corrected chi connectivity index (χ0v) is 24.8. The first-order chi connectivity index (χ1) is 22.5. The van der Waals surface area contributed by atoms with Crippen LogP contribution in [-0.2, 0) is 16.1 Å². The minimum absolute atomic E-state index is 0.0111. The van der Waals surface area contributed by atoms with E-state index >= 15 is 4.39 Å². The summed E-state index contributed by atoms with van der Waals surface area (Å²) in [7, 11) is 4.96. The average molecular weight is 603 g/mol. The number of fused-ring (bicyclic) bond motifs is 2. The lowest BCUT2D eigenvalue weighted by molar-refractivity contribution is -0.117. The van der Waals surface area contributed by atoms with Gasteiger partial charge in [0.05, 0.1) is 25.6 Å². The number of benzene rings is 1. The van der Waals surface area contributed by atoms with E-state index < -0.39 is 12.8 Å². The zero-order chi connectivity index (χ0) is 33.5. The number of rotatable bonds is 11. The van der Waals surface area contributed by atoms with Gasteiger partial charge >= 0.3 is 0 Å². The quantitative estimate of drug-likeness (QED) is 0.235. The molecule has 13 heteroatoms. The third kappa shape index (κ3) is 5.82. The van der Waals surface area contributed by atoms with Crippen LogP contribution in [0.2, 0.25) is 0 Å². The number of hydrogen-bond donors (Lipinski definition) is 1. The van der Waals surface area contributed by atoms with Crippen LogP contribution in [0.5, 0.6) is 5.75 Å². The molecule has 44 heavy (non-hydrogen) atoms. The molecule has 0 aliphatic heterocycles. The van der Waals surface area contributed by atoms with Crippen LogP contribution in [0, 0.1) is 17.7 Å². The van der Waals surface area contributed by atoms with Gasteiger partial charge < -0.3 is 24.6 Å². The molecule has 2 atom stereocenters. The van der Waals surface area contributed by atoms with Crippen LogP contribution in [0.4, 0.5) is 21.7 Å². The Morgan fingerprint density at radius 2 is 2.00 bits per heavy atom. The maximum Gasteiger partial charge on any atom is 0.228 e. The molecule has 1 N–H and O–H groups in total. The van der Waals surface area contributed by atoms with Crippen LogP contribution in [0.3, 0.4) is 0 Å². The van der Waals surface area contributed by atoms with E-state index in [0.717, 1.165) is 11.3 Å². The summed E-state index contributed by atoms with van der Waals surface area (Å²) in [4.78, 5) is 24.8. The Balaban J connectivity index is 1.46. The molecule has 0 radical (unpaired) electrons. The fraction of sp³-hybridized carbons (Fsp3) is 0.355. The van der Waals surface area contributed by atoms with E-state index in [4.69, 9.17) is 13.6 Å². The highest BCUT2D eigenvalue weighted by Crippen LogP contribution is 2.39. The van der Waals surface area contributed by atoms with Crippen LogP contribution in [0.1, 0.15) is 23.0 Å². The summed E-state index contributed by atoms with van der Waals surface area (Å²) in [5.41, 5.74) is 1.74. The Bertz CT molecular complexity index is 1940. The average Bonchev–Trinajstić information content (AvgIpc) is 3.63. The number of ether oxygens (including phenoxy) is 2. The van der Waals surface area contributed by atoms with Gasteiger partial charge in [-0.25, -0.2) is 18.9 Å². The summed E-state index contributed by atoms with van der Waals surface area (Å²) in [6, 6.07) is 9.97. The molecule has 5 aromatic rings. The smallest absolute Gasteiger partial charge is 0.228 e. The Morgan fingerprint density at radius 3 is 2.70 bits per heavy atom. The maximum atomic E-state index is 15.3. The summed E-state index contributed by atoms with van der Waals surface area (Å²) < 4.78 is 52.1. The molecule has 0 spiro atoms. The van der Waals surface area contributed by atoms with Gasteiger partial charge in [-0.2, -0.15) is 0 Å². The summed E-state index contributed by atoms with van der Waals surface area (Å²) in [6.07, 6.45) is 3.87. The lowest BCUT2D eigenvalue weighted by atomic mass is 10.1. The van der Waals surface area contributed by atoms with Gasteiger partial charge in [-0.15, -0.1) is 15.3 Å². The third-order valence-corrected chi connectivity index (χ3v) is 7.75. The van der Waals surface area contributed by atoms with E-state index in [1.54, 1.807) is 50.7 Å². The topological polar surface area (TPSA) is 123 Å². The molecule has 1 amide bonds. The first kappa shape index (κ1) is 25.6. The Kier molecular flexibility index (Phi) is 6.97. The van der Waals surface area contributed by atoms with Crippen molar-refractivity contribution in [1.82, 2.24) is 29.8 Å². The maximum absolute atomic E-state index is 15.3. The number of anilines is 3. The van der Waals surface area contributed by atoms with Crippen LogP contribution < -0.4 is 19.9 Å². The predicted molar refractivity (Wildman–Crippen MR) is 165 cm³/mol. The van der Waals surface area contributed by atoms with Crippen molar-refractivity contribution in [3.8, 4) is 17.1 Å². The van der Waals surface area contributed by atoms with Gasteiger partial charge in [0, 0.05) is 67.5 Å². The molecule has 12 nitrogen and oxygen atoms in total. The predicted octanol–water partition coefficient (Wildman–Crippen LogP) is 4.20. The highest BCUT2D eigenvalue weighted by molar-refractivity contribution is 6.01. The second kappa shape index (κ2) is 12.0. The summed E-state index contributed by atoms with van der Waals surface area (Å²) in [6.45, 7) is 0.330. The van der Waals surface area contributed by atoms with E-state index in [0.29, 0.717) is 41.1 Å². The fourth-order valence-corrected chi connectivity index (χ4v) is 4.96. The first-order valence-electron chi connectivity index (χ1n) is 15.6. The summed E-state index contributed by atoms with van der Waals surface area (Å²) >= 11 is 0. The third-order valence-electron chi connectivity index (χ3n) is 7.75. The van der Waals surface area contributed by atoms with Gasteiger partial charge in [-0.3, -0.25) is 4.79 Å². The molecule has 1 saturated carbocycles. The first-order valence-corrected chi connectivity index (χ1v) is 14.1. The van der Waals surface area contributed by atoms with Gasteiger partial charge in [-0.1, -0.05) is 19.1 Å². The largest absolute Gasteiger partial charge is 0.497 e. The fourth-order valence-electron chi connectivity index (χ4n) is 4.96. The minimum atomic E-state index is -2.62. The Hall–Kier alpha value is -4.91. The zero-order valence-electron chi connectivity index (χ0n) is 27.8. The number of carbonyl (C=O) groups is 1. The molecular weight excluding hydrogens is 565 g/mol. The molecule has 1 fully saturated rings. The van der Waals surface area contributed by atoms with Gasteiger partial charge in [0.25, 0.3) is 0 Å². The molecule has 1 aliphatic carbocycles. The van der Waals surface area contributed by atoms with Gasteiger partial charge in [-0.05, 0) is 36.1 Å². The van der Waals surface area contributed by atoms with E-state index in [1.807, 2.05) is 18.9 Å². The standard InChI is InChI=1S/C31H34FN9O3/c1-18-12-22(18)31(42)34-26-14-23-24(28-35-29-25(32)13-20(17-41(29)38-28)39(2)10-11-43-4)15-33-30(27(23)37-36-26)40(3)16-19-6-8-21(44-5)9-7-19/h6-9,13-15,17-18,22H,10-12,16H2,1-5H3,(H,34,36,42)/t18-,22+/m1/s1/i3D3. The molecule has 4 heterocycles. The number of nitrogens with one attached hydrogen (secondary N) is 1. The second-order valence-electron chi connectivity index (χ2n) is 10.9. The van der Waals surface area contributed by atoms with Crippen molar-refractivity contribution in [3.63, 3.8) is 0 Å². The van der Waals surface area contributed by atoms with Crippen molar-refractivity contribution in [3.05, 3.63) is 60.2 Å². The van der Waals surface area contributed by atoms with Crippen molar-refractivity contribution in [1.29, 1.82) is 0 Å². The Morgan fingerprint density at radius 1 is 1.20 bits per heavy atom. The highest BCUT2D eigenvalue weighted by Gasteiger charge is 2.39. The molecule has 1 aliphatic rings. The van der Waals surface area contributed by atoms with Crippen LogP contribution >= 0.6 is 0 Å². The summed E-state index contributed by atoms with van der Waals surface area (Å²) in [5.74, 6) is 0.369. The molecule has 6 rings (SSSR count). The monoisotopic (exact) mass is 602 g/mol. The van der Waals surface area contributed by atoms with Crippen LogP contribution in [-0.4, -0.2) is 77.1 Å². The van der Waals surface area contributed by atoms with Crippen LogP contribution in [0.15, 0.2) is 48.8 Å². The van der Waals surface area contributed by atoms with E-state index in [-0.39, 0.29) is 52.9 Å². The lowest BCUT2D eigenvalue weighted by Crippen LogP contribution is -2.22. The number of likely N-dealkylation sites (N-methyl/N-ethyl adjacent to an activating group) is 1. The lowest BCUT2D eigenvalue weighted by Gasteiger charge is -2.20. The van der Waals surface area contributed by atoms with Crippen molar-refractivity contribution < 1.29 is 22.8 Å². The second-order valence-corrected chi connectivity index (χ2v) is 10.9. The molecule has 0 bridgehead atoms. The molecule has 1 aromatic carbocycles. The van der Waals surface area contributed by atoms with Crippen molar-refractivity contribution in [2.75, 3.05) is 56.5 Å². The highest BCUT2D eigenvalue weighted by atomic mass is 19.1. The molecule has 4 aromatic heterocycles. The molecular formula is C31H34FN9O3. The van der Waals surface area contributed by atoms with Crippen LogP contribution in [0.25, 0.3) is 27.9 Å². The number of pyridine rings is 2. The molecule has 0 saturated heterocycles. The number of aromatic nitrogens is 6. The molecule has 0 unspecified atom stereocenters. The van der Waals surface area contributed by atoms with E-state index in [9.17, 15) is 4.79 Å². The van der Waals surface area contributed by atoms with Gasteiger partial charge in [0.1, 0.15) is 11.3 Å². The van der Waals surface area contributed by atoms with Gasteiger partial charge in [0.2, 0.25) is 5.91 Å². The number of amides is 1. The van der Waals surface area contributed by atoms with Crippen molar-refractivity contribution in [2.24, 2.45) is 11.8 Å². The SMILES string of the molecule is [2H]C([2H])([2H])N(Cc1ccc(OC)cc1)c1ncc(-c2nc3c(F)cc(N(C)CCOC)cn3n2)c2cc(NC(=O)[C@H]3C[C@H]3C)nnc12. The van der Waals surface area contributed by atoms with Gasteiger partial charge in [0.15, 0.2) is 28.9 Å². The number of methoxy groups -OCH3 is 2. The normalized spacial score (nSPS) is 17.2.